The van der Waals surface area contributed by atoms with Crippen molar-refractivity contribution in [1.82, 2.24) is 10.2 Å². The molecule has 2 fully saturated rings. The fraction of sp³-hybridized carbons (Fsp3) is 1.00. The fourth-order valence-electron chi connectivity index (χ4n) is 3.70. The minimum Gasteiger partial charge on any atom is -0.372 e. The van der Waals surface area contributed by atoms with Gasteiger partial charge in [0.05, 0.1) is 12.2 Å². The number of likely N-dealkylation sites (N-methyl/N-ethyl adjacent to an activating group) is 2. The van der Waals surface area contributed by atoms with E-state index in [1.807, 2.05) is 7.05 Å². The number of nitrogens with zero attached hydrogens (tertiary/aromatic N) is 1. The standard InChI is InChI=1S/C15H30N2O/c1-12-6-4-5-7-15(12)17(3)11-14-9-8-13(18-14)10-16-2/h12-16H,4-11H2,1-3H3. The zero-order valence-electron chi connectivity index (χ0n) is 12.3. The highest BCUT2D eigenvalue weighted by Gasteiger charge is 2.30. The molecule has 0 spiro atoms. The first-order valence-corrected chi connectivity index (χ1v) is 7.71. The van der Waals surface area contributed by atoms with Gasteiger partial charge in [0.2, 0.25) is 0 Å². The molecule has 0 aromatic rings. The predicted octanol–water partition coefficient (Wildman–Crippen LogP) is 2.26. The quantitative estimate of drug-likeness (QED) is 0.814. The third-order valence-electron chi connectivity index (χ3n) is 4.75. The van der Waals surface area contributed by atoms with Crippen molar-refractivity contribution in [3.8, 4) is 0 Å². The van der Waals surface area contributed by atoms with Gasteiger partial charge >= 0.3 is 0 Å². The van der Waals surface area contributed by atoms with Gasteiger partial charge in [0.1, 0.15) is 0 Å². The maximum absolute atomic E-state index is 6.09. The molecule has 0 radical (unpaired) electrons. The van der Waals surface area contributed by atoms with Gasteiger partial charge in [0, 0.05) is 19.1 Å². The van der Waals surface area contributed by atoms with Crippen LogP contribution in [0.15, 0.2) is 0 Å². The van der Waals surface area contributed by atoms with Gasteiger partial charge in [0.25, 0.3) is 0 Å². The van der Waals surface area contributed by atoms with E-state index in [1.54, 1.807) is 0 Å². The van der Waals surface area contributed by atoms with Crippen LogP contribution >= 0.6 is 0 Å². The van der Waals surface area contributed by atoms with E-state index in [9.17, 15) is 0 Å². The molecule has 1 saturated heterocycles. The molecule has 1 heterocycles. The van der Waals surface area contributed by atoms with Crippen molar-refractivity contribution >= 4 is 0 Å². The summed E-state index contributed by atoms with van der Waals surface area (Å²) in [6.45, 7) is 4.54. The molecule has 0 bridgehead atoms. The SMILES string of the molecule is CNCC1CCC(CN(C)C2CCCCC2C)O1. The van der Waals surface area contributed by atoms with E-state index in [4.69, 9.17) is 4.74 Å². The van der Waals surface area contributed by atoms with E-state index >= 15 is 0 Å². The summed E-state index contributed by atoms with van der Waals surface area (Å²) in [6, 6.07) is 0.783. The topological polar surface area (TPSA) is 24.5 Å². The Morgan fingerprint density at radius 3 is 2.56 bits per heavy atom. The number of hydrogen-bond donors (Lipinski definition) is 1. The first-order chi connectivity index (χ1) is 8.70. The lowest BCUT2D eigenvalue weighted by Gasteiger charge is -2.37. The summed E-state index contributed by atoms with van der Waals surface area (Å²) in [6.07, 6.45) is 8.98. The predicted molar refractivity (Wildman–Crippen MR) is 75.9 cm³/mol. The summed E-state index contributed by atoms with van der Waals surface area (Å²) in [5.41, 5.74) is 0. The Bertz CT molecular complexity index is 247. The Morgan fingerprint density at radius 2 is 1.83 bits per heavy atom. The zero-order chi connectivity index (χ0) is 13.0. The van der Waals surface area contributed by atoms with Crippen LogP contribution in [0.3, 0.4) is 0 Å². The van der Waals surface area contributed by atoms with Gasteiger partial charge in [-0.1, -0.05) is 19.8 Å². The van der Waals surface area contributed by atoms with Crippen LogP contribution in [0.4, 0.5) is 0 Å². The van der Waals surface area contributed by atoms with Crippen molar-refractivity contribution in [1.29, 1.82) is 0 Å². The maximum atomic E-state index is 6.09. The van der Waals surface area contributed by atoms with Gasteiger partial charge in [-0.25, -0.2) is 0 Å². The van der Waals surface area contributed by atoms with E-state index in [0.29, 0.717) is 12.2 Å². The molecule has 2 aliphatic rings. The van der Waals surface area contributed by atoms with Crippen LogP contribution in [-0.4, -0.2) is 50.3 Å². The summed E-state index contributed by atoms with van der Waals surface area (Å²) in [5.74, 6) is 0.859. The van der Waals surface area contributed by atoms with Crippen molar-refractivity contribution in [3.63, 3.8) is 0 Å². The molecule has 3 heteroatoms. The van der Waals surface area contributed by atoms with Crippen LogP contribution in [0.25, 0.3) is 0 Å². The molecule has 0 aromatic heterocycles. The minimum atomic E-state index is 0.442. The van der Waals surface area contributed by atoms with Crippen LogP contribution in [0.5, 0.6) is 0 Å². The van der Waals surface area contributed by atoms with Crippen LogP contribution in [0.2, 0.25) is 0 Å². The summed E-state index contributed by atoms with van der Waals surface area (Å²) in [4.78, 5) is 2.57. The number of ether oxygens (including phenoxy) is 1. The van der Waals surface area contributed by atoms with E-state index in [0.717, 1.165) is 25.0 Å². The first-order valence-electron chi connectivity index (χ1n) is 7.71. The Morgan fingerprint density at radius 1 is 1.11 bits per heavy atom. The van der Waals surface area contributed by atoms with Crippen LogP contribution < -0.4 is 5.32 Å². The molecule has 2 rings (SSSR count). The first kappa shape index (κ1) is 14.3. The monoisotopic (exact) mass is 254 g/mol. The van der Waals surface area contributed by atoms with Crippen LogP contribution in [0.1, 0.15) is 45.4 Å². The number of hydrogen-bond acceptors (Lipinski definition) is 3. The Kier molecular flexibility index (Phi) is 5.46. The molecule has 18 heavy (non-hydrogen) atoms. The lowest BCUT2D eigenvalue weighted by atomic mass is 9.85. The minimum absolute atomic E-state index is 0.442. The van der Waals surface area contributed by atoms with Gasteiger partial charge in [-0.2, -0.15) is 0 Å². The van der Waals surface area contributed by atoms with E-state index < -0.39 is 0 Å². The Labute approximate surface area is 112 Å². The molecule has 0 amide bonds. The largest absolute Gasteiger partial charge is 0.372 e. The normalized spacial score (nSPS) is 37.3. The third-order valence-corrected chi connectivity index (χ3v) is 4.75. The third kappa shape index (κ3) is 3.69. The van der Waals surface area contributed by atoms with Crippen molar-refractivity contribution in [3.05, 3.63) is 0 Å². The molecular weight excluding hydrogens is 224 g/mol. The van der Waals surface area contributed by atoms with E-state index in [-0.39, 0.29) is 0 Å². The Hall–Kier alpha value is -0.120. The molecule has 3 nitrogen and oxygen atoms in total. The van der Waals surface area contributed by atoms with Crippen molar-refractivity contribution in [2.24, 2.45) is 5.92 Å². The zero-order valence-corrected chi connectivity index (χ0v) is 12.3. The van der Waals surface area contributed by atoms with Crippen LogP contribution in [-0.2, 0) is 4.74 Å². The second-order valence-corrected chi connectivity index (χ2v) is 6.28. The second-order valence-electron chi connectivity index (χ2n) is 6.28. The van der Waals surface area contributed by atoms with Crippen molar-refractivity contribution < 1.29 is 4.74 Å². The smallest absolute Gasteiger partial charge is 0.0707 e. The van der Waals surface area contributed by atoms with Crippen molar-refractivity contribution in [2.75, 3.05) is 27.2 Å². The Balaban J connectivity index is 1.75. The van der Waals surface area contributed by atoms with Gasteiger partial charge < -0.3 is 15.0 Å². The van der Waals surface area contributed by atoms with Gasteiger partial charge in [0.15, 0.2) is 0 Å². The highest BCUT2D eigenvalue weighted by molar-refractivity contribution is 4.83. The van der Waals surface area contributed by atoms with Crippen LogP contribution in [0, 0.1) is 5.92 Å². The molecule has 4 atom stereocenters. The molecule has 1 aliphatic heterocycles. The maximum Gasteiger partial charge on any atom is 0.0707 e. The molecule has 1 N–H and O–H groups in total. The number of rotatable bonds is 5. The average Bonchev–Trinajstić information content (AvgIpc) is 2.77. The summed E-state index contributed by atoms with van der Waals surface area (Å²) < 4.78 is 6.09. The molecule has 0 aromatic carbocycles. The molecule has 1 aliphatic carbocycles. The second kappa shape index (κ2) is 6.88. The summed E-state index contributed by atoms with van der Waals surface area (Å²) in [7, 11) is 4.30. The average molecular weight is 254 g/mol. The van der Waals surface area contributed by atoms with E-state index in [2.05, 4.69) is 24.2 Å². The van der Waals surface area contributed by atoms with Gasteiger partial charge in [-0.3, -0.25) is 0 Å². The molecular formula is C15H30N2O. The molecule has 1 saturated carbocycles. The summed E-state index contributed by atoms with van der Waals surface area (Å²) in [5, 5.41) is 3.22. The number of nitrogens with one attached hydrogen (secondary N) is 1. The fourth-order valence-corrected chi connectivity index (χ4v) is 3.70. The lowest BCUT2D eigenvalue weighted by molar-refractivity contribution is 0.0116. The molecule has 4 unspecified atom stereocenters. The lowest BCUT2D eigenvalue weighted by Crippen LogP contribution is -2.42. The summed E-state index contributed by atoms with van der Waals surface area (Å²) >= 11 is 0. The highest BCUT2D eigenvalue weighted by atomic mass is 16.5. The molecule has 106 valence electrons. The highest BCUT2D eigenvalue weighted by Crippen LogP contribution is 2.28. The van der Waals surface area contributed by atoms with Gasteiger partial charge in [-0.15, -0.1) is 0 Å². The van der Waals surface area contributed by atoms with E-state index in [1.165, 1.54) is 38.5 Å². The van der Waals surface area contributed by atoms with Crippen molar-refractivity contribution in [2.45, 2.75) is 63.7 Å². The van der Waals surface area contributed by atoms with Gasteiger partial charge in [-0.05, 0) is 45.7 Å².